The van der Waals surface area contributed by atoms with Gasteiger partial charge < -0.3 is 0 Å². The van der Waals surface area contributed by atoms with Crippen LogP contribution in [0.3, 0.4) is 0 Å². The van der Waals surface area contributed by atoms with E-state index in [1.807, 2.05) is 20.8 Å². The molecule has 31 heavy (non-hydrogen) atoms. The van der Waals surface area contributed by atoms with E-state index in [0.717, 1.165) is 0 Å². The molecule has 3 rings (SSSR count). The molecule has 0 spiro atoms. The first kappa shape index (κ1) is 23.1. The van der Waals surface area contributed by atoms with Crippen molar-refractivity contribution in [1.29, 1.82) is 0 Å². The van der Waals surface area contributed by atoms with Crippen LogP contribution in [0.1, 0.15) is 49.8 Å². The van der Waals surface area contributed by atoms with Gasteiger partial charge in [0.2, 0.25) is 0 Å². The summed E-state index contributed by atoms with van der Waals surface area (Å²) in [6, 6.07) is 0. The molecule has 2 aromatic heterocycles. The lowest BCUT2D eigenvalue weighted by Crippen LogP contribution is -2.50. The van der Waals surface area contributed by atoms with Crippen LogP contribution in [0.15, 0.2) is 12.4 Å². The topological polar surface area (TPSA) is 98.8 Å². The van der Waals surface area contributed by atoms with Crippen LogP contribution >= 0.6 is 0 Å². The van der Waals surface area contributed by atoms with E-state index in [-0.39, 0.29) is 55.2 Å². The van der Waals surface area contributed by atoms with Gasteiger partial charge in [0, 0.05) is 38.7 Å². The Morgan fingerprint density at radius 3 is 2.55 bits per heavy atom. The van der Waals surface area contributed by atoms with Crippen LogP contribution in [-0.4, -0.2) is 78.4 Å². The van der Waals surface area contributed by atoms with E-state index in [0.29, 0.717) is 25.2 Å². The van der Waals surface area contributed by atoms with Crippen molar-refractivity contribution in [3.05, 3.63) is 23.8 Å². The number of aryl methyl sites for hydroxylation is 1. The van der Waals surface area contributed by atoms with E-state index in [1.165, 1.54) is 9.36 Å². The summed E-state index contributed by atoms with van der Waals surface area (Å²) in [4.78, 5) is 25.9. The second-order valence-electron chi connectivity index (χ2n) is 9.35. The number of rotatable bonds is 11. The highest BCUT2D eigenvalue weighted by atomic mass is 19.1. The molecule has 2 aromatic rings. The first-order valence-corrected chi connectivity index (χ1v) is 10.4. The second-order valence-corrected chi connectivity index (χ2v) is 9.35. The lowest BCUT2D eigenvalue weighted by molar-refractivity contribution is -0.121. The Balaban J connectivity index is 1.40. The van der Waals surface area contributed by atoms with Gasteiger partial charge in [-0.05, 0) is 5.41 Å². The van der Waals surface area contributed by atoms with Crippen molar-refractivity contribution in [2.75, 3.05) is 19.6 Å². The van der Waals surface area contributed by atoms with Crippen molar-refractivity contribution in [3.8, 4) is 0 Å². The molecule has 0 radical (unpaired) electrons. The number of hydrogen-bond donors (Lipinski definition) is 0. The molecule has 0 amide bonds. The zero-order valence-corrected chi connectivity index (χ0v) is 18.2. The average molecular weight is 437 g/mol. The Hall–Kier alpha value is -2.56. The van der Waals surface area contributed by atoms with Crippen molar-refractivity contribution in [3.63, 3.8) is 0 Å². The first-order chi connectivity index (χ1) is 14.6. The van der Waals surface area contributed by atoms with E-state index >= 15 is 0 Å². The average Bonchev–Trinajstić information content (AvgIpc) is 3.27. The Labute approximate surface area is 179 Å². The molecule has 1 unspecified atom stereocenters. The zero-order chi connectivity index (χ0) is 22.6. The van der Waals surface area contributed by atoms with Crippen LogP contribution in [0.2, 0.25) is 0 Å². The summed E-state index contributed by atoms with van der Waals surface area (Å²) in [7, 11) is 0. The van der Waals surface area contributed by atoms with E-state index in [4.69, 9.17) is 0 Å². The molecule has 0 aliphatic carbocycles. The maximum atomic E-state index is 14.4. The van der Waals surface area contributed by atoms with E-state index in [9.17, 15) is 18.4 Å². The lowest BCUT2D eigenvalue weighted by atomic mass is 9.89. The van der Waals surface area contributed by atoms with Gasteiger partial charge in [0.25, 0.3) is 0 Å². The molecule has 1 saturated heterocycles. The Bertz CT molecular complexity index is 899. The fourth-order valence-electron chi connectivity index (χ4n) is 3.33. The number of Topliss-reactive ketones (excluding diaryl/α,β-unsaturated/α-hetero) is 2. The number of likely N-dealkylation sites (tertiary alicyclic amines) is 1. The molecule has 3 heterocycles. The third-order valence-electron chi connectivity index (χ3n) is 4.85. The van der Waals surface area contributed by atoms with Crippen LogP contribution in [0.4, 0.5) is 8.78 Å². The number of carbonyl (C=O) groups is 2. The fraction of sp³-hybridized carbons (Fsp3) is 0.700. The Morgan fingerprint density at radius 1 is 1.16 bits per heavy atom. The number of halogens is 2. The monoisotopic (exact) mass is 437 g/mol. The predicted octanol–water partition coefficient (Wildman–Crippen LogP) is 1.68. The van der Waals surface area contributed by atoms with Crippen molar-refractivity contribution in [2.45, 2.75) is 65.5 Å². The SMILES string of the molecule is CC(C)(C)CC(=O)c1cn(CCC(F)Cn2cc(CC(=O)CN3CC(F)C3)nn2)nn1. The molecule has 11 heteroatoms. The molecular weight excluding hydrogens is 408 g/mol. The van der Waals surface area contributed by atoms with Gasteiger partial charge >= 0.3 is 0 Å². The minimum Gasteiger partial charge on any atom is -0.298 e. The molecule has 0 bridgehead atoms. The Morgan fingerprint density at radius 2 is 1.87 bits per heavy atom. The van der Waals surface area contributed by atoms with Gasteiger partial charge in [-0.2, -0.15) is 0 Å². The van der Waals surface area contributed by atoms with Gasteiger partial charge in [-0.15, -0.1) is 10.2 Å². The molecule has 170 valence electrons. The third kappa shape index (κ3) is 7.27. The van der Waals surface area contributed by atoms with Crippen LogP contribution in [-0.2, 0) is 24.3 Å². The molecule has 0 N–H and O–H groups in total. The van der Waals surface area contributed by atoms with Crippen molar-refractivity contribution in [1.82, 2.24) is 34.9 Å². The molecule has 0 aromatic carbocycles. The van der Waals surface area contributed by atoms with Gasteiger partial charge in [-0.25, -0.2) is 13.5 Å². The van der Waals surface area contributed by atoms with Crippen molar-refractivity contribution < 1.29 is 18.4 Å². The number of nitrogens with zero attached hydrogens (tertiary/aromatic N) is 7. The van der Waals surface area contributed by atoms with Gasteiger partial charge in [0.05, 0.1) is 31.4 Å². The summed E-state index contributed by atoms with van der Waals surface area (Å²) in [6.45, 7) is 6.98. The van der Waals surface area contributed by atoms with Crippen LogP contribution < -0.4 is 0 Å². The van der Waals surface area contributed by atoms with Crippen LogP contribution in [0.25, 0.3) is 0 Å². The van der Waals surface area contributed by atoms with E-state index < -0.39 is 12.3 Å². The highest BCUT2D eigenvalue weighted by molar-refractivity contribution is 5.94. The standard InChI is InChI=1S/C20H29F2N7O2/c1-20(2,3)7-19(31)18-13-28(26-24-18)5-4-14(21)10-29-11-16(23-25-29)6-17(30)12-27-8-15(22)9-27/h11,13-15H,4-10,12H2,1-3H3. The predicted molar refractivity (Wildman–Crippen MR) is 108 cm³/mol. The number of alkyl halides is 2. The van der Waals surface area contributed by atoms with Crippen LogP contribution in [0, 0.1) is 5.41 Å². The molecule has 1 atom stereocenters. The maximum absolute atomic E-state index is 14.4. The highest BCUT2D eigenvalue weighted by Crippen LogP contribution is 2.20. The summed E-state index contributed by atoms with van der Waals surface area (Å²) >= 11 is 0. The quantitative estimate of drug-likeness (QED) is 0.493. The van der Waals surface area contributed by atoms with Crippen molar-refractivity contribution in [2.24, 2.45) is 5.41 Å². The summed E-state index contributed by atoms with van der Waals surface area (Å²) in [5.74, 6) is -0.155. The third-order valence-corrected chi connectivity index (χ3v) is 4.85. The van der Waals surface area contributed by atoms with Gasteiger partial charge in [-0.3, -0.25) is 19.2 Å². The molecular formula is C20H29F2N7O2. The summed E-state index contributed by atoms with van der Waals surface area (Å²) in [5, 5.41) is 15.6. The minimum absolute atomic E-state index is 0.00134. The zero-order valence-electron chi connectivity index (χ0n) is 18.2. The van der Waals surface area contributed by atoms with Crippen LogP contribution in [0.5, 0.6) is 0 Å². The lowest BCUT2D eigenvalue weighted by Gasteiger charge is -2.33. The first-order valence-electron chi connectivity index (χ1n) is 10.4. The number of aromatic nitrogens is 6. The summed E-state index contributed by atoms with van der Waals surface area (Å²) in [5.41, 5.74) is 0.613. The van der Waals surface area contributed by atoms with Gasteiger partial charge in [-0.1, -0.05) is 31.2 Å². The molecule has 1 aliphatic heterocycles. The smallest absolute Gasteiger partial charge is 0.185 e. The second kappa shape index (κ2) is 9.71. The van der Waals surface area contributed by atoms with Crippen molar-refractivity contribution >= 4 is 11.6 Å². The minimum atomic E-state index is -1.20. The summed E-state index contributed by atoms with van der Waals surface area (Å²) in [6.07, 6.45) is 1.68. The molecule has 0 saturated carbocycles. The number of hydrogen-bond acceptors (Lipinski definition) is 7. The number of ketones is 2. The summed E-state index contributed by atoms with van der Waals surface area (Å²) < 4.78 is 30.0. The van der Waals surface area contributed by atoms with Gasteiger partial charge in [0.1, 0.15) is 18.0 Å². The Kier molecular flexibility index (Phi) is 7.24. The molecule has 1 fully saturated rings. The van der Waals surface area contributed by atoms with Gasteiger partial charge in [0.15, 0.2) is 11.6 Å². The normalized spacial score (nSPS) is 16.3. The highest BCUT2D eigenvalue weighted by Gasteiger charge is 2.27. The molecule has 1 aliphatic rings. The largest absolute Gasteiger partial charge is 0.298 e. The van der Waals surface area contributed by atoms with E-state index in [1.54, 1.807) is 17.3 Å². The maximum Gasteiger partial charge on any atom is 0.185 e. The number of carbonyl (C=O) groups excluding carboxylic acids is 2. The fourth-order valence-corrected chi connectivity index (χ4v) is 3.33. The molecule has 9 nitrogen and oxygen atoms in total. The van der Waals surface area contributed by atoms with E-state index in [2.05, 4.69) is 20.6 Å².